The molecule has 2 N–H and O–H groups in total. The van der Waals surface area contributed by atoms with Crippen LogP contribution in [-0.2, 0) is 17.8 Å². The van der Waals surface area contributed by atoms with Crippen LogP contribution in [0.3, 0.4) is 0 Å². The maximum atomic E-state index is 10.9. The minimum atomic E-state index is -0.792. The number of carboxylic acid groups (broad SMARTS) is 1. The summed E-state index contributed by atoms with van der Waals surface area (Å²) in [6.45, 7) is 5.38. The van der Waals surface area contributed by atoms with E-state index in [0.29, 0.717) is 0 Å². The van der Waals surface area contributed by atoms with Crippen molar-refractivity contribution in [2.45, 2.75) is 32.7 Å². The highest BCUT2D eigenvalue weighted by Crippen LogP contribution is 2.16. The van der Waals surface area contributed by atoms with Crippen LogP contribution in [0.15, 0.2) is 29.6 Å². The summed E-state index contributed by atoms with van der Waals surface area (Å²) < 4.78 is 0. The summed E-state index contributed by atoms with van der Waals surface area (Å²) in [4.78, 5) is 15.3. The topological polar surface area (TPSA) is 62.2 Å². The van der Waals surface area contributed by atoms with Crippen LogP contribution < -0.4 is 5.32 Å². The van der Waals surface area contributed by atoms with Gasteiger partial charge in [0.1, 0.15) is 0 Å². The lowest BCUT2D eigenvalue weighted by Gasteiger charge is -2.08. The molecule has 0 amide bonds. The van der Waals surface area contributed by atoms with Crippen LogP contribution in [0, 0.1) is 6.92 Å². The van der Waals surface area contributed by atoms with Gasteiger partial charge < -0.3 is 10.4 Å². The van der Waals surface area contributed by atoms with Gasteiger partial charge in [0.2, 0.25) is 0 Å². The molecule has 0 aliphatic carbocycles. The fraction of sp³-hybridized carbons (Fsp3) is 0.375. The standard InChI is InChI=1S/C16H20N2O2S/c1-11(16(19)20)14-5-3-13(4-6-14)9-17-8-7-15-10-21-12(2)18-15/h3-6,10-11,17H,7-9H2,1-2H3,(H,19,20). The molecule has 0 aliphatic heterocycles. The minimum absolute atomic E-state index is 0.458. The summed E-state index contributed by atoms with van der Waals surface area (Å²) in [5.74, 6) is -1.25. The fourth-order valence-electron chi connectivity index (χ4n) is 2.04. The lowest BCUT2D eigenvalue weighted by atomic mass is 10.00. The van der Waals surface area contributed by atoms with Crippen molar-refractivity contribution in [1.29, 1.82) is 0 Å². The lowest BCUT2D eigenvalue weighted by molar-refractivity contribution is -0.138. The van der Waals surface area contributed by atoms with Crippen LogP contribution in [0.25, 0.3) is 0 Å². The third-order valence-electron chi connectivity index (χ3n) is 3.40. The van der Waals surface area contributed by atoms with Crippen LogP contribution in [0.5, 0.6) is 0 Å². The Morgan fingerprint density at radius 2 is 2.10 bits per heavy atom. The van der Waals surface area contributed by atoms with Crippen LogP contribution in [0.4, 0.5) is 0 Å². The molecule has 0 bridgehead atoms. The second kappa shape index (κ2) is 7.33. The molecule has 5 heteroatoms. The zero-order valence-electron chi connectivity index (χ0n) is 12.3. The molecule has 0 fully saturated rings. The summed E-state index contributed by atoms with van der Waals surface area (Å²) >= 11 is 1.68. The molecule has 1 aromatic heterocycles. The number of carboxylic acids is 1. The quantitative estimate of drug-likeness (QED) is 0.772. The molecule has 2 aromatic rings. The number of thiazole rings is 1. The summed E-state index contributed by atoms with van der Waals surface area (Å²) in [7, 11) is 0. The maximum Gasteiger partial charge on any atom is 0.310 e. The molecular weight excluding hydrogens is 284 g/mol. The smallest absolute Gasteiger partial charge is 0.310 e. The van der Waals surface area contributed by atoms with E-state index in [1.165, 1.54) is 0 Å². The van der Waals surface area contributed by atoms with E-state index in [1.54, 1.807) is 18.3 Å². The first-order chi connectivity index (χ1) is 10.1. The lowest BCUT2D eigenvalue weighted by Crippen LogP contribution is -2.17. The summed E-state index contributed by atoms with van der Waals surface area (Å²) in [5.41, 5.74) is 3.13. The van der Waals surface area contributed by atoms with Crippen molar-refractivity contribution < 1.29 is 9.90 Å². The van der Waals surface area contributed by atoms with E-state index in [-0.39, 0.29) is 0 Å². The molecule has 112 valence electrons. The number of hydrogen-bond donors (Lipinski definition) is 2. The Labute approximate surface area is 128 Å². The molecule has 21 heavy (non-hydrogen) atoms. The molecule has 0 saturated carbocycles. The van der Waals surface area contributed by atoms with Crippen molar-refractivity contribution >= 4 is 17.3 Å². The molecule has 4 nitrogen and oxygen atoms in total. The number of carbonyl (C=O) groups is 1. The van der Waals surface area contributed by atoms with Crippen molar-refractivity contribution in [2.75, 3.05) is 6.54 Å². The highest BCUT2D eigenvalue weighted by molar-refractivity contribution is 7.09. The number of benzene rings is 1. The van der Waals surface area contributed by atoms with Crippen LogP contribution in [0.1, 0.15) is 34.7 Å². The molecule has 1 heterocycles. The first-order valence-electron chi connectivity index (χ1n) is 6.99. The predicted octanol–water partition coefficient (Wildman–Crippen LogP) is 2.97. The minimum Gasteiger partial charge on any atom is -0.481 e. The number of nitrogens with zero attached hydrogens (tertiary/aromatic N) is 1. The van der Waals surface area contributed by atoms with Gasteiger partial charge in [-0.15, -0.1) is 11.3 Å². The zero-order valence-corrected chi connectivity index (χ0v) is 13.1. The van der Waals surface area contributed by atoms with Crippen molar-refractivity contribution in [3.05, 3.63) is 51.5 Å². The molecule has 1 aromatic carbocycles. The average Bonchev–Trinajstić information content (AvgIpc) is 2.89. The molecule has 1 unspecified atom stereocenters. The van der Waals surface area contributed by atoms with Gasteiger partial charge in [-0.25, -0.2) is 4.98 Å². The zero-order chi connectivity index (χ0) is 15.2. The van der Waals surface area contributed by atoms with E-state index >= 15 is 0 Å². The Morgan fingerprint density at radius 3 is 2.67 bits per heavy atom. The van der Waals surface area contributed by atoms with Gasteiger partial charge in [-0.2, -0.15) is 0 Å². The largest absolute Gasteiger partial charge is 0.481 e. The van der Waals surface area contributed by atoms with E-state index in [0.717, 1.165) is 41.3 Å². The van der Waals surface area contributed by atoms with Gasteiger partial charge in [-0.05, 0) is 25.0 Å². The number of hydrogen-bond acceptors (Lipinski definition) is 4. The summed E-state index contributed by atoms with van der Waals surface area (Å²) in [6.07, 6.45) is 0.929. The van der Waals surface area contributed by atoms with Gasteiger partial charge in [0.25, 0.3) is 0 Å². The Balaban J connectivity index is 1.77. The van der Waals surface area contributed by atoms with Gasteiger partial charge in [0.05, 0.1) is 16.6 Å². The van der Waals surface area contributed by atoms with Gasteiger partial charge in [-0.1, -0.05) is 24.3 Å². The molecule has 2 rings (SSSR count). The second-order valence-corrected chi connectivity index (χ2v) is 6.15. The predicted molar refractivity (Wildman–Crippen MR) is 84.8 cm³/mol. The van der Waals surface area contributed by atoms with E-state index < -0.39 is 11.9 Å². The number of aromatic nitrogens is 1. The van der Waals surface area contributed by atoms with Gasteiger partial charge >= 0.3 is 5.97 Å². The Morgan fingerprint density at radius 1 is 1.38 bits per heavy atom. The molecule has 0 saturated heterocycles. The van der Waals surface area contributed by atoms with Gasteiger partial charge in [0.15, 0.2) is 0 Å². The first-order valence-corrected chi connectivity index (χ1v) is 7.87. The van der Waals surface area contributed by atoms with Crippen LogP contribution in [-0.4, -0.2) is 22.6 Å². The van der Waals surface area contributed by atoms with Crippen molar-refractivity contribution in [3.63, 3.8) is 0 Å². The molecule has 0 aliphatic rings. The molecular formula is C16H20N2O2S. The monoisotopic (exact) mass is 304 g/mol. The van der Waals surface area contributed by atoms with Crippen molar-refractivity contribution in [1.82, 2.24) is 10.3 Å². The first kappa shape index (κ1) is 15.7. The average molecular weight is 304 g/mol. The van der Waals surface area contributed by atoms with Gasteiger partial charge in [-0.3, -0.25) is 4.79 Å². The summed E-state index contributed by atoms with van der Waals surface area (Å²) in [6, 6.07) is 7.74. The number of rotatable bonds is 7. The van der Waals surface area contributed by atoms with E-state index in [2.05, 4.69) is 15.7 Å². The summed E-state index contributed by atoms with van der Waals surface area (Å²) in [5, 5.41) is 15.6. The SMILES string of the molecule is Cc1nc(CCNCc2ccc(C(C)C(=O)O)cc2)cs1. The van der Waals surface area contributed by atoms with E-state index in [1.807, 2.05) is 31.2 Å². The highest BCUT2D eigenvalue weighted by Gasteiger charge is 2.12. The Hall–Kier alpha value is -1.72. The number of nitrogens with one attached hydrogen (secondary N) is 1. The normalized spacial score (nSPS) is 12.3. The molecule has 0 spiro atoms. The van der Waals surface area contributed by atoms with E-state index in [9.17, 15) is 4.79 Å². The Kier molecular flexibility index (Phi) is 5.47. The van der Waals surface area contributed by atoms with Crippen molar-refractivity contribution in [3.8, 4) is 0 Å². The van der Waals surface area contributed by atoms with Crippen LogP contribution >= 0.6 is 11.3 Å². The maximum absolute atomic E-state index is 10.9. The third-order valence-corrected chi connectivity index (χ3v) is 4.23. The van der Waals surface area contributed by atoms with Crippen LogP contribution in [0.2, 0.25) is 0 Å². The second-order valence-electron chi connectivity index (χ2n) is 5.09. The number of aryl methyl sites for hydroxylation is 1. The molecule has 0 radical (unpaired) electrons. The highest BCUT2D eigenvalue weighted by atomic mass is 32.1. The van der Waals surface area contributed by atoms with E-state index in [4.69, 9.17) is 5.11 Å². The third kappa shape index (κ3) is 4.65. The molecule has 1 atom stereocenters. The number of aliphatic carboxylic acids is 1. The fourth-order valence-corrected chi connectivity index (χ4v) is 2.69. The Bertz CT molecular complexity index is 593. The van der Waals surface area contributed by atoms with Gasteiger partial charge in [0, 0.05) is 24.9 Å². The van der Waals surface area contributed by atoms with Crippen molar-refractivity contribution in [2.24, 2.45) is 0 Å².